The van der Waals surface area contributed by atoms with E-state index in [1.807, 2.05) is 13.0 Å². The molecule has 0 saturated heterocycles. The molecular weight excluding hydrogens is 329 g/mol. The Labute approximate surface area is 139 Å². The average molecular weight is 345 g/mol. The number of imidazole rings is 1. The molecule has 0 saturated carbocycles. The van der Waals surface area contributed by atoms with Gasteiger partial charge < -0.3 is 19.9 Å². The highest BCUT2D eigenvalue weighted by Crippen LogP contribution is 2.20. The molecule has 9 heteroatoms. The van der Waals surface area contributed by atoms with Crippen molar-refractivity contribution in [1.29, 1.82) is 0 Å². The van der Waals surface area contributed by atoms with Crippen LogP contribution in [0.2, 0.25) is 0 Å². The number of nitrogens with zero attached hydrogens (tertiary/aromatic N) is 4. The Hall–Kier alpha value is -2.54. The van der Waals surface area contributed by atoms with Gasteiger partial charge in [0.2, 0.25) is 0 Å². The van der Waals surface area contributed by atoms with E-state index in [9.17, 15) is 4.89 Å². The van der Waals surface area contributed by atoms with Crippen LogP contribution in [0.5, 0.6) is 5.75 Å². The van der Waals surface area contributed by atoms with Gasteiger partial charge in [-0.25, -0.2) is 15.0 Å². The van der Waals surface area contributed by atoms with E-state index in [1.54, 1.807) is 35.2 Å². The lowest BCUT2D eigenvalue weighted by atomic mass is 10.3. The third-order valence-electron chi connectivity index (χ3n) is 3.20. The third kappa shape index (κ3) is 3.86. The number of nitrogen functional groups attached to an aromatic ring is 1. The molecule has 3 rings (SSSR count). The molecule has 0 radical (unpaired) electrons. The summed E-state index contributed by atoms with van der Waals surface area (Å²) in [7, 11) is -2.06. The average Bonchev–Trinajstić information content (AvgIpc) is 2.98. The predicted octanol–water partition coefficient (Wildman–Crippen LogP) is 1.32. The number of hydrogen-bond acceptors (Lipinski definition) is 7. The standard InChI is InChI=1S/C15H16N5O3P/c1-11(22-10-24(21)23-12-5-3-2-4-6-12)7-20-9-19-13-14(16)17-8-18-15(13)20/h2-6,8-11H,7H2,1H3,(H2,16,17,18)/t11-/m0/s1. The molecule has 124 valence electrons. The molecule has 8 nitrogen and oxygen atoms in total. The molecule has 2 heterocycles. The maximum Gasteiger partial charge on any atom is 0.303 e. The van der Waals surface area contributed by atoms with Crippen LogP contribution in [0.1, 0.15) is 6.92 Å². The molecule has 1 unspecified atom stereocenters. The SMILES string of the molecule is C[C@@H](Cn1cnc2c(N)ncnc21)OC=[P+]([O-])Oc1ccccc1. The Morgan fingerprint density at radius 3 is 2.88 bits per heavy atom. The van der Waals surface area contributed by atoms with Crippen LogP contribution in [-0.4, -0.2) is 31.6 Å². The smallest absolute Gasteiger partial charge is 0.303 e. The molecule has 0 spiro atoms. The van der Waals surface area contributed by atoms with Gasteiger partial charge in [0, 0.05) is 0 Å². The van der Waals surface area contributed by atoms with E-state index in [-0.39, 0.29) is 6.10 Å². The zero-order valence-corrected chi connectivity index (χ0v) is 13.8. The summed E-state index contributed by atoms with van der Waals surface area (Å²) in [5.74, 6) is 2.06. The minimum Gasteiger partial charge on any atom is -0.593 e. The van der Waals surface area contributed by atoms with Crippen LogP contribution in [0.25, 0.3) is 11.2 Å². The highest BCUT2D eigenvalue weighted by Gasteiger charge is 2.12. The van der Waals surface area contributed by atoms with Gasteiger partial charge in [0.1, 0.15) is 11.8 Å². The monoisotopic (exact) mass is 345 g/mol. The van der Waals surface area contributed by atoms with Gasteiger partial charge in [-0.2, -0.15) is 0 Å². The first-order valence-corrected chi connectivity index (χ1v) is 8.47. The van der Waals surface area contributed by atoms with E-state index in [2.05, 4.69) is 15.0 Å². The molecule has 2 N–H and O–H groups in total. The highest BCUT2D eigenvalue weighted by molar-refractivity contribution is 7.44. The van der Waals surface area contributed by atoms with Crippen LogP contribution in [-0.2, 0) is 11.3 Å². The zero-order chi connectivity index (χ0) is 16.9. The van der Waals surface area contributed by atoms with Crippen molar-refractivity contribution in [3.8, 4) is 5.75 Å². The van der Waals surface area contributed by atoms with Crippen molar-refractivity contribution in [2.75, 3.05) is 5.73 Å². The van der Waals surface area contributed by atoms with Gasteiger partial charge in [-0.1, -0.05) is 18.2 Å². The first-order chi connectivity index (χ1) is 11.6. The van der Waals surface area contributed by atoms with Crippen LogP contribution in [0.3, 0.4) is 0 Å². The van der Waals surface area contributed by atoms with Crippen LogP contribution >= 0.6 is 8.00 Å². The zero-order valence-electron chi connectivity index (χ0n) is 12.9. The number of fused-ring (bicyclic) bond motifs is 1. The molecule has 0 aliphatic carbocycles. The molecule has 24 heavy (non-hydrogen) atoms. The summed E-state index contributed by atoms with van der Waals surface area (Å²) >= 11 is 0. The highest BCUT2D eigenvalue weighted by atomic mass is 31.1. The maximum absolute atomic E-state index is 11.9. The van der Waals surface area contributed by atoms with Crippen molar-refractivity contribution in [3.05, 3.63) is 43.0 Å². The summed E-state index contributed by atoms with van der Waals surface area (Å²) in [5.41, 5.74) is 6.93. The van der Waals surface area contributed by atoms with Crippen molar-refractivity contribution >= 4 is 31.0 Å². The predicted molar refractivity (Wildman–Crippen MR) is 90.3 cm³/mol. The number of aromatic nitrogens is 4. The van der Waals surface area contributed by atoms with E-state index in [1.165, 1.54) is 12.3 Å². The Bertz CT molecular complexity index is 853. The lowest BCUT2D eigenvalue weighted by Gasteiger charge is -2.10. The van der Waals surface area contributed by atoms with Gasteiger partial charge in [0.05, 0.1) is 19.0 Å². The maximum atomic E-state index is 11.9. The Morgan fingerprint density at radius 1 is 1.29 bits per heavy atom. The molecule has 0 aliphatic rings. The fourth-order valence-corrected chi connectivity index (χ4v) is 2.79. The van der Waals surface area contributed by atoms with Crippen molar-refractivity contribution in [1.82, 2.24) is 19.5 Å². The van der Waals surface area contributed by atoms with Gasteiger partial charge in [-0.05, 0) is 19.1 Å². The summed E-state index contributed by atoms with van der Waals surface area (Å²) in [6.07, 6.45) is 2.76. The van der Waals surface area contributed by atoms with Gasteiger partial charge in [0.25, 0.3) is 5.98 Å². The van der Waals surface area contributed by atoms with E-state index >= 15 is 0 Å². The van der Waals surface area contributed by atoms with Crippen LogP contribution < -0.4 is 15.2 Å². The number of hydrogen-bond donors (Lipinski definition) is 1. The molecular formula is C15H16N5O3P. The summed E-state index contributed by atoms with van der Waals surface area (Å²) < 4.78 is 12.5. The Kier molecular flexibility index (Phi) is 5.00. The molecule has 2 aromatic heterocycles. The number of benzene rings is 1. The lowest BCUT2D eigenvalue weighted by molar-refractivity contribution is -0.166. The van der Waals surface area contributed by atoms with Crippen molar-refractivity contribution < 1.29 is 14.2 Å². The quantitative estimate of drug-likeness (QED) is 0.671. The summed E-state index contributed by atoms with van der Waals surface area (Å²) in [6, 6.07) is 8.92. The number of anilines is 1. The molecule has 0 aliphatic heterocycles. The fourth-order valence-electron chi connectivity index (χ4n) is 2.11. The first kappa shape index (κ1) is 16.3. The fraction of sp³-hybridized carbons (Fsp3) is 0.200. The minimum absolute atomic E-state index is 0.253. The van der Waals surface area contributed by atoms with Crippen molar-refractivity contribution in [2.45, 2.75) is 19.6 Å². The summed E-state index contributed by atoms with van der Waals surface area (Å²) in [4.78, 5) is 24.1. The van der Waals surface area contributed by atoms with Crippen LogP contribution in [0.15, 0.2) is 43.0 Å². The second kappa shape index (κ2) is 7.35. The van der Waals surface area contributed by atoms with Gasteiger partial charge in [-0.15, -0.1) is 0 Å². The molecule has 2 atom stereocenters. The number of para-hydroxylation sites is 1. The molecule has 0 bridgehead atoms. The Morgan fingerprint density at radius 2 is 2.08 bits per heavy atom. The van der Waals surface area contributed by atoms with E-state index < -0.39 is 8.00 Å². The number of ether oxygens (including phenoxy) is 1. The van der Waals surface area contributed by atoms with E-state index in [4.69, 9.17) is 15.0 Å². The van der Waals surface area contributed by atoms with Gasteiger partial charge >= 0.3 is 8.00 Å². The first-order valence-electron chi connectivity index (χ1n) is 7.23. The largest absolute Gasteiger partial charge is 0.593 e. The van der Waals surface area contributed by atoms with E-state index in [0.717, 1.165) is 0 Å². The summed E-state index contributed by atoms with van der Waals surface area (Å²) in [5, 5.41) is 0. The Balaban J connectivity index is 1.61. The third-order valence-corrected chi connectivity index (χ3v) is 3.89. The topological polar surface area (TPSA) is 111 Å². The molecule has 0 fully saturated rings. The second-order valence-corrected chi connectivity index (χ2v) is 6.03. The lowest BCUT2D eigenvalue weighted by Crippen LogP contribution is -2.16. The van der Waals surface area contributed by atoms with Gasteiger partial charge in [-0.3, -0.25) is 4.52 Å². The number of rotatable bonds is 6. The van der Waals surface area contributed by atoms with Gasteiger partial charge in [0.15, 0.2) is 17.2 Å². The van der Waals surface area contributed by atoms with Crippen LogP contribution in [0, 0.1) is 0 Å². The van der Waals surface area contributed by atoms with Crippen molar-refractivity contribution in [3.63, 3.8) is 0 Å². The molecule has 3 aromatic rings. The minimum atomic E-state index is -2.06. The molecule has 0 amide bonds. The van der Waals surface area contributed by atoms with Crippen molar-refractivity contribution in [2.24, 2.45) is 0 Å². The molecule has 1 aromatic carbocycles. The normalized spacial score (nSPS) is 13.2. The number of nitrogens with two attached hydrogens (primary N) is 1. The van der Waals surface area contributed by atoms with E-state index in [0.29, 0.717) is 29.3 Å². The van der Waals surface area contributed by atoms with Crippen LogP contribution in [0.4, 0.5) is 5.82 Å². The summed E-state index contributed by atoms with van der Waals surface area (Å²) in [6.45, 7) is 2.32. The second-order valence-electron chi connectivity index (χ2n) is 5.07.